The van der Waals surface area contributed by atoms with Crippen LogP contribution in [0.15, 0.2) is 42.5 Å². The molecule has 2 aromatic carbocycles. The lowest BCUT2D eigenvalue weighted by atomic mass is 10.1. The molecule has 2 N–H and O–H groups in total. The van der Waals surface area contributed by atoms with E-state index in [1.807, 2.05) is 0 Å². The fourth-order valence-corrected chi connectivity index (χ4v) is 1.97. The van der Waals surface area contributed by atoms with Crippen molar-refractivity contribution in [3.05, 3.63) is 70.8 Å². The second-order valence-corrected chi connectivity index (χ2v) is 4.98. The number of halogens is 5. The molecule has 0 aliphatic carbocycles. The predicted molar refractivity (Wildman–Crippen MR) is 75.1 cm³/mol. The topological polar surface area (TPSA) is 49.3 Å². The predicted octanol–water partition coefficient (Wildman–Crippen LogP) is 3.45. The molecule has 128 valence electrons. The monoisotopic (exact) mass is 345 g/mol. The summed E-state index contributed by atoms with van der Waals surface area (Å²) in [4.78, 5) is 11.8. The summed E-state index contributed by atoms with van der Waals surface area (Å²) in [5, 5.41) is 12.1. The van der Waals surface area contributed by atoms with E-state index in [1.165, 1.54) is 6.07 Å². The standard InChI is InChI=1S/C16H12F5NO2/c17-12-5-4-10(7-13(12)18)15(24)22-8-14(23)9-2-1-3-11(6-9)16(19,20)21/h1-7,14,23H,8H2,(H,22,24). The van der Waals surface area contributed by atoms with E-state index in [-0.39, 0.29) is 17.7 Å². The van der Waals surface area contributed by atoms with Crippen LogP contribution < -0.4 is 5.32 Å². The van der Waals surface area contributed by atoms with Gasteiger partial charge in [0.25, 0.3) is 5.91 Å². The fraction of sp³-hybridized carbons (Fsp3) is 0.188. The number of aliphatic hydroxyl groups excluding tert-OH is 1. The first-order valence-electron chi connectivity index (χ1n) is 6.77. The second-order valence-electron chi connectivity index (χ2n) is 4.98. The summed E-state index contributed by atoms with van der Waals surface area (Å²) in [5.74, 6) is -3.11. The lowest BCUT2D eigenvalue weighted by Crippen LogP contribution is -2.28. The number of carbonyl (C=O) groups excluding carboxylic acids is 1. The Morgan fingerprint density at radius 1 is 1.08 bits per heavy atom. The van der Waals surface area contributed by atoms with Crippen LogP contribution in [0.1, 0.15) is 27.6 Å². The highest BCUT2D eigenvalue weighted by Gasteiger charge is 2.30. The van der Waals surface area contributed by atoms with E-state index in [0.29, 0.717) is 6.07 Å². The molecule has 2 rings (SSSR count). The number of aliphatic hydroxyl groups is 1. The summed E-state index contributed by atoms with van der Waals surface area (Å²) in [6.07, 6.45) is -5.94. The summed E-state index contributed by atoms with van der Waals surface area (Å²) in [6, 6.07) is 6.55. The van der Waals surface area contributed by atoms with E-state index in [9.17, 15) is 31.9 Å². The van der Waals surface area contributed by atoms with Crippen molar-refractivity contribution in [1.82, 2.24) is 5.32 Å². The molecule has 0 radical (unpaired) electrons. The Morgan fingerprint density at radius 2 is 1.79 bits per heavy atom. The molecule has 0 aromatic heterocycles. The molecule has 24 heavy (non-hydrogen) atoms. The Kier molecular flexibility index (Phi) is 5.18. The van der Waals surface area contributed by atoms with Crippen LogP contribution in [-0.4, -0.2) is 17.6 Å². The number of alkyl halides is 3. The van der Waals surface area contributed by atoms with Crippen LogP contribution in [-0.2, 0) is 6.18 Å². The van der Waals surface area contributed by atoms with Gasteiger partial charge < -0.3 is 10.4 Å². The third-order valence-corrected chi connectivity index (χ3v) is 3.24. The second kappa shape index (κ2) is 6.96. The lowest BCUT2D eigenvalue weighted by Gasteiger charge is -2.14. The first kappa shape index (κ1) is 17.9. The van der Waals surface area contributed by atoms with Crippen LogP contribution in [0, 0.1) is 11.6 Å². The van der Waals surface area contributed by atoms with Gasteiger partial charge in [-0.2, -0.15) is 13.2 Å². The van der Waals surface area contributed by atoms with Crippen LogP contribution in [0.3, 0.4) is 0 Å². The van der Waals surface area contributed by atoms with Crippen molar-refractivity contribution in [2.24, 2.45) is 0 Å². The van der Waals surface area contributed by atoms with E-state index in [2.05, 4.69) is 5.32 Å². The maximum atomic E-state index is 13.0. The van der Waals surface area contributed by atoms with Gasteiger partial charge in [-0.1, -0.05) is 12.1 Å². The number of hydrogen-bond donors (Lipinski definition) is 2. The molecule has 1 atom stereocenters. The summed E-state index contributed by atoms with van der Waals surface area (Å²) in [7, 11) is 0. The first-order chi connectivity index (χ1) is 11.2. The molecular formula is C16H12F5NO2. The molecule has 0 aliphatic rings. The Bertz CT molecular complexity index is 745. The third-order valence-electron chi connectivity index (χ3n) is 3.24. The van der Waals surface area contributed by atoms with E-state index in [4.69, 9.17) is 0 Å². The van der Waals surface area contributed by atoms with Crippen molar-refractivity contribution >= 4 is 5.91 Å². The van der Waals surface area contributed by atoms with Crippen molar-refractivity contribution in [3.63, 3.8) is 0 Å². The highest BCUT2D eigenvalue weighted by atomic mass is 19.4. The Hall–Kier alpha value is -2.48. The number of benzene rings is 2. The zero-order chi connectivity index (χ0) is 17.9. The van der Waals surface area contributed by atoms with Gasteiger partial charge in [0.05, 0.1) is 11.7 Å². The van der Waals surface area contributed by atoms with Crippen molar-refractivity contribution in [2.45, 2.75) is 12.3 Å². The summed E-state index contributed by atoms with van der Waals surface area (Å²) < 4.78 is 63.7. The third kappa shape index (κ3) is 4.29. The van der Waals surface area contributed by atoms with E-state index in [0.717, 1.165) is 30.3 Å². The van der Waals surface area contributed by atoms with E-state index >= 15 is 0 Å². The molecule has 8 heteroatoms. The highest BCUT2D eigenvalue weighted by Crippen LogP contribution is 2.30. The maximum Gasteiger partial charge on any atom is 0.416 e. The Labute approximate surface area is 133 Å². The number of nitrogens with one attached hydrogen (secondary N) is 1. The van der Waals surface area contributed by atoms with Crippen LogP contribution in [0.2, 0.25) is 0 Å². The molecule has 0 aliphatic heterocycles. The van der Waals surface area contributed by atoms with Crippen LogP contribution in [0.4, 0.5) is 22.0 Å². The molecule has 0 saturated carbocycles. The Morgan fingerprint density at radius 3 is 2.42 bits per heavy atom. The normalized spacial score (nSPS) is 12.8. The van der Waals surface area contributed by atoms with Crippen LogP contribution in [0.25, 0.3) is 0 Å². The molecule has 0 bridgehead atoms. The summed E-state index contributed by atoms with van der Waals surface area (Å²) in [6.45, 7) is -0.390. The molecule has 1 amide bonds. The molecule has 1 unspecified atom stereocenters. The van der Waals surface area contributed by atoms with Crippen LogP contribution >= 0.6 is 0 Å². The lowest BCUT2D eigenvalue weighted by molar-refractivity contribution is -0.137. The van der Waals surface area contributed by atoms with E-state index in [1.54, 1.807) is 0 Å². The SMILES string of the molecule is O=C(NCC(O)c1cccc(C(F)(F)F)c1)c1ccc(F)c(F)c1. The van der Waals surface area contributed by atoms with Crippen molar-refractivity contribution in [1.29, 1.82) is 0 Å². The van der Waals surface area contributed by atoms with Crippen molar-refractivity contribution in [2.75, 3.05) is 6.54 Å². The zero-order valence-electron chi connectivity index (χ0n) is 12.1. The number of hydrogen-bond acceptors (Lipinski definition) is 2. The maximum absolute atomic E-state index is 13.0. The quantitative estimate of drug-likeness (QED) is 0.834. The average molecular weight is 345 g/mol. The molecule has 0 fully saturated rings. The largest absolute Gasteiger partial charge is 0.416 e. The van der Waals surface area contributed by atoms with Gasteiger partial charge in [-0.15, -0.1) is 0 Å². The molecule has 2 aromatic rings. The Balaban J connectivity index is 2.03. The molecule has 0 saturated heterocycles. The highest BCUT2D eigenvalue weighted by molar-refractivity contribution is 5.94. The van der Waals surface area contributed by atoms with Gasteiger partial charge in [-0.25, -0.2) is 8.78 Å². The minimum absolute atomic E-state index is 0.0320. The van der Waals surface area contributed by atoms with Crippen molar-refractivity contribution < 1.29 is 31.9 Å². The average Bonchev–Trinajstić information content (AvgIpc) is 2.54. The summed E-state index contributed by atoms with van der Waals surface area (Å²) in [5.41, 5.74) is -1.13. The van der Waals surface area contributed by atoms with Gasteiger partial charge in [-0.3, -0.25) is 4.79 Å². The molecular weight excluding hydrogens is 333 g/mol. The minimum Gasteiger partial charge on any atom is -0.387 e. The van der Waals surface area contributed by atoms with Gasteiger partial charge in [0.2, 0.25) is 0 Å². The number of amides is 1. The van der Waals surface area contributed by atoms with Crippen molar-refractivity contribution in [3.8, 4) is 0 Å². The van der Waals surface area contributed by atoms with Gasteiger partial charge in [0, 0.05) is 12.1 Å². The van der Waals surface area contributed by atoms with Gasteiger partial charge in [-0.05, 0) is 35.9 Å². The molecule has 0 heterocycles. The number of carbonyl (C=O) groups is 1. The smallest absolute Gasteiger partial charge is 0.387 e. The van der Waals surface area contributed by atoms with Crippen LogP contribution in [0.5, 0.6) is 0 Å². The van der Waals surface area contributed by atoms with Gasteiger partial charge in [0.15, 0.2) is 11.6 Å². The minimum atomic E-state index is -4.55. The van der Waals surface area contributed by atoms with Gasteiger partial charge >= 0.3 is 6.18 Å². The number of rotatable bonds is 4. The fourth-order valence-electron chi connectivity index (χ4n) is 1.97. The van der Waals surface area contributed by atoms with Gasteiger partial charge in [0.1, 0.15) is 0 Å². The summed E-state index contributed by atoms with van der Waals surface area (Å²) >= 11 is 0. The first-order valence-corrected chi connectivity index (χ1v) is 6.77. The zero-order valence-corrected chi connectivity index (χ0v) is 12.1. The molecule has 0 spiro atoms. The van der Waals surface area contributed by atoms with E-state index < -0.39 is 35.4 Å². The molecule has 3 nitrogen and oxygen atoms in total.